The van der Waals surface area contributed by atoms with Crippen LogP contribution < -0.4 is 14.8 Å². The first-order valence-corrected chi connectivity index (χ1v) is 8.78. The lowest BCUT2D eigenvalue weighted by atomic mass is 9.97. The summed E-state index contributed by atoms with van der Waals surface area (Å²) < 4.78 is 33.5. The van der Waals surface area contributed by atoms with Crippen LogP contribution in [0.3, 0.4) is 0 Å². The number of sulfonamides is 1. The second-order valence-corrected chi connectivity index (χ2v) is 7.53. The third-order valence-corrected chi connectivity index (χ3v) is 6.00. The maximum absolute atomic E-state index is 12.5. The number of hydrogen-bond acceptors (Lipinski definition) is 4. The van der Waals surface area contributed by atoms with E-state index >= 15 is 0 Å². The van der Waals surface area contributed by atoms with Gasteiger partial charge in [-0.05, 0) is 53.5 Å². The van der Waals surface area contributed by atoms with Crippen LogP contribution in [0.15, 0.2) is 27.6 Å². The highest BCUT2D eigenvalue weighted by molar-refractivity contribution is 9.10. The molecule has 0 spiro atoms. The number of hydrogen-bond donors (Lipinski definition) is 2. The Kier molecular flexibility index (Phi) is 5.06. The minimum absolute atomic E-state index is 0.0423. The predicted molar refractivity (Wildman–Crippen MR) is 81.5 cm³/mol. The second kappa shape index (κ2) is 6.43. The van der Waals surface area contributed by atoms with Crippen LogP contribution in [0.4, 0.5) is 0 Å². The summed E-state index contributed by atoms with van der Waals surface area (Å²) in [5, 5.41) is 3.26. The first-order valence-electron chi connectivity index (χ1n) is 6.50. The zero-order chi connectivity index (χ0) is 14.8. The molecule has 2 atom stereocenters. The van der Waals surface area contributed by atoms with Gasteiger partial charge in [-0.3, -0.25) is 0 Å². The molecule has 0 bridgehead atoms. The van der Waals surface area contributed by atoms with E-state index < -0.39 is 10.0 Å². The summed E-state index contributed by atoms with van der Waals surface area (Å²) in [5.41, 5.74) is 0. The number of rotatable bonds is 4. The average Bonchev–Trinajstić information content (AvgIpc) is 2.41. The van der Waals surface area contributed by atoms with Crippen molar-refractivity contribution >= 4 is 26.0 Å². The van der Waals surface area contributed by atoms with Gasteiger partial charge in [-0.15, -0.1) is 0 Å². The number of piperidine rings is 1. The maximum Gasteiger partial charge on any atom is 0.242 e. The SMILES string of the molecule is COc1ccc(Br)c(S(=O)(=O)NC2CCNCC2C)c1. The van der Waals surface area contributed by atoms with Crippen LogP contribution in [0.1, 0.15) is 13.3 Å². The number of halogens is 1. The topological polar surface area (TPSA) is 67.4 Å². The van der Waals surface area contributed by atoms with Crippen molar-refractivity contribution in [1.29, 1.82) is 0 Å². The average molecular weight is 363 g/mol. The van der Waals surface area contributed by atoms with Crippen molar-refractivity contribution in [3.63, 3.8) is 0 Å². The molecular weight excluding hydrogens is 344 g/mol. The predicted octanol–water partition coefficient (Wildman–Crippen LogP) is 1.73. The lowest BCUT2D eigenvalue weighted by Crippen LogP contribution is -2.48. The monoisotopic (exact) mass is 362 g/mol. The fourth-order valence-corrected chi connectivity index (χ4v) is 4.63. The molecule has 1 fully saturated rings. The molecule has 2 rings (SSSR count). The van der Waals surface area contributed by atoms with Crippen molar-refractivity contribution in [1.82, 2.24) is 10.0 Å². The van der Waals surface area contributed by atoms with Gasteiger partial charge in [-0.25, -0.2) is 13.1 Å². The van der Waals surface area contributed by atoms with Crippen LogP contribution in [0.2, 0.25) is 0 Å². The second-order valence-electron chi connectivity index (χ2n) is 4.99. The van der Waals surface area contributed by atoms with E-state index in [-0.39, 0.29) is 16.9 Å². The summed E-state index contributed by atoms with van der Waals surface area (Å²) in [7, 11) is -2.04. The molecule has 0 amide bonds. The van der Waals surface area contributed by atoms with E-state index in [1.54, 1.807) is 12.1 Å². The molecule has 1 aromatic carbocycles. The van der Waals surface area contributed by atoms with Gasteiger partial charge >= 0.3 is 0 Å². The summed E-state index contributed by atoms with van der Waals surface area (Å²) in [6, 6.07) is 4.88. The van der Waals surface area contributed by atoms with E-state index in [4.69, 9.17) is 4.74 Å². The first kappa shape index (κ1) is 15.8. The van der Waals surface area contributed by atoms with Crippen molar-refractivity contribution < 1.29 is 13.2 Å². The molecule has 2 unspecified atom stereocenters. The van der Waals surface area contributed by atoms with E-state index in [0.717, 1.165) is 19.5 Å². The number of benzene rings is 1. The molecule has 112 valence electrons. The maximum atomic E-state index is 12.5. The van der Waals surface area contributed by atoms with Gasteiger partial charge in [0, 0.05) is 16.6 Å². The third kappa shape index (κ3) is 3.52. The Morgan fingerprint density at radius 2 is 2.20 bits per heavy atom. The van der Waals surface area contributed by atoms with E-state index in [2.05, 4.69) is 26.0 Å². The van der Waals surface area contributed by atoms with Crippen LogP contribution >= 0.6 is 15.9 Å². The van der Waals surface area contributed by atoms with Gasteiger partial charge < -0.3 is 10.1 Å². The molecule has 20 heavy (non-hydrogen) atoms. The molecule has 1 saturated heterocycles. The van der Waals surface area contributed by atoms with Crippen molar-refractivity contribution in [3.8, 4) is 5.75 Å². The van der Waals surface area contributed by atoms with Gasteiger partial charge in [0.25, 0.3) is 0 Å². The van der Waals surface area contributed by atoms with Crippen LogP contribution in [0.5, 0.6) is 5.75 Å². The zero-order valence-corrected chi connectivity index (χ0v) is 13.9. The van der Waals surface area contributed by atoms with E-state index in [9.17, 15) is 8.42 Å². The lowest BCUT2D eigenvalue weighted by Gasteiger charge is -2.30. The van der Waals surface area contributed by atoms with Gasteiger partial charge in [-0.2, -0.15) is 0 Å². The molecule has 0 radical (unpaired) electrons. The van der Waals surface area contributed by atoms with Gasteiger partial charge in [0.2, 0.25) is 10.0 Å². The highest BCUT2D eigenvalue weighted by Crippen LogP contribution is 2.27. The van der Waals surface area contributed by atoms with E-state index in [1.165, 1.54) is 13.2 Å². The Bertz CT molecular complexity index is 577. The standard InChI is InChI=1S/C13H19BrN2O3S/c1-9-8-15-6-5-12(9)16-20(17,18)13-7-10(19-2)3-4-11(13)14/h3-4,7,9,12,15-16H,5-6,8H2,1-2H3. The summed E-state index contributed by atoms with van der Waals surface area (Å²) >= 11 is 3.29. The van der Waals surface area contributed by atoms with Crippen molar-refractivity contribution in [2.45, 2.75) is 24.3 Å². The number of nitrogens with one attached hydrogen (secondary N) is 2. The number of methoxy groups -OCH3 is 1. The summed E-state index contributed by atoms with van der Waals surface area (Å²) in [5.74, 6) is 0.787. The fourth-order valence-electron chi connectivity index (χ4n) is 2.27. The molecule has 1 aromatic rings. The molecule has 1 aliphatic heterocycles. The van der Waals surface area contributed by atoms with Crippen LogP contribution in [0, 0.1) is 5.92 Å². The largest absolute Gasteiger partial charge is 0.497 e. The molecule has 7 heteroatoms. The summed E-state index contributed by atoms with van der Waals surface area (Å²) in [6.45, 7) is 3.70. The smallest absolute Gasteiger partial charge is 0.242 e. The molecule has 0 aromatic heterocycles. The van der Waals surface area contributed by atoms with Crippen molar-refractivity contribution in [3.05, 3.63) is 22.7 Å². The fraction of sp³-hybridized carbons (Fsp3) is 0.538. The van der Waals surface area contributed by atoms with Crippen LogP contribution in [-0.4, -0.2) is 34.7 Å². The summed E-state index contributed by atoms with van der Waals surface area (Å²) in [6.07, 6.45) is 0.794. The van der Waals surface area contributed by atoms with E-state index in [0.29, 0.717) is 10.2 Å². The summed E-state index contributed by atoms with van der Waals surface area (Å²) in [4.78, 5) is 0.211. The highest BCUT2D eigenvalue weighted by Gasteiger charge is 2.28. The van der Waals surface area contributed by atoms with E-state index in [1.807, 2.05) is 6.92 Å². The number of ether oxygens (including phenoxy) is 1. The highest BCUT2D eigenvalue weighted by atomic mass is 79.9. The van der Waals surface area contributed by atoms with Crippen molar-refractivity contribution in [2.24, 2.45) is 5.92 Å². The van der Waals surface area contributed by atoms with Crippen molar-refractivity contribution in [2.75, 3.05) is 20.2 Å². The first-order chi connectivity index (χ1) is 9.44. The van der Waals surface area contributed by atoms with Gasteiger partial charge in [-0.1, -0.05) is 6.92 Å². The molecule has 2 N–H and O–H groups in total. The Labute approximate surface area is 128 Å². The van der Waals surface area contributed by atoms with Gasteiger partial charge in [0.15, 0.2) is 0 Å². The molecule has 0 aliphatic carbocycles. The minimum Gasteiger partial charge on any atom is -0.497 e. The molecule has 1 aliphatic rings. The van der Waals surface area contributed by atoms with Gasteiger partial charge in [0.05, 0.1) is 12.0 Å². The minimum atomic E-state index is -3.56. The third-order valence-electron chi connectivity index (χ3n) is 3.52. The Morgan fingerprint density at radius 3 is 2.85 bits per heavy atom. The molecule has 1 heterocycles. The molecule has 5 nitrogen and oxygen atoms in total. The molecule has 0 saturated carbocycles. The van der Waals surface area contributed by atoms with Crippen LogP contribution in [-0.2, 0) is 10.0 Å². The quantitative estimate of drug-likeness (QED) is 0.855. The Hall–Kier alpha value is -0.630. The zero-order valence-electron chi connectivity index (χ0n) is 11.5. The Morgan fingerprint density at radius 1 is 1.45 bits per heavy atom. The normalized spacial score (nSPS) is 23.6. The Balaban J connectivity index is 2.25. The van der Waals surface area contributed by atoms with Gasteiger partial charge in [0.1, 0.15) is 5.75 Å². The molecular formula is C13H19BrN2O3S. The lowest BCUT2D eigenvalue weighted by molar-refractivity contribution is 0.328. The van der Waals surface area contributed by atoms with Crippen LogP contribution in [0.25, 0.3) is 0 Å².